The van der Waals surface area contributed by atoms with Crippen LogP contribution < -0.4 is 20.1 Å². The number of hydrogen-bond acceptors (Lipinski definition) is 4. The first kappa shape index (κ1) is 23.1. The summed E-state index contributed by atoms with van der Waals surface area (Å²) in [5, 5.41) is 5.08. The second-order valence-corrected chi connectivity index (χ2v) is 6.42. The van der Waals surface area contributed by atoms with Gasteiger partial charge in [-0.3, -0.25) is 9.59 Å². The Labute approximate surface area is 172 Å². The molecule has 0 aliphatic rings. The van der Waals surface area contributed by atoms with Crippen molar-refractivity contribution in [3.63, 3.8) is 0 Å². The van der Waals surface area contributed by atoms with Gasteiger partial charge in [-0.1, -0.05) is 12.1 Å². The van der Waals surface area contributed by atoms with Gasteiger partial charge in [-0.2, -0.15) is 13.2 Å². The molecular formula is C21H23F3N2O4. The average Bonchev–Trinajstić information content (AvgIpc) is 2.71. The van der Waals surface area contributed by atoms with Crippen molar-refractivity contribution in [1.29, 1.82) is 0 Å². The molecule has 0 aliphatic carbocycles. The van der Waals surface area contributed by atoms with E-state index in [9.17, 15) is 22.8 Å². The van der Waals surface area contributed by atoms with E-state index in [4.69, 9.17) is 9.47 Å². The third kappa shape index (κ3) is 6.98. The van der Waals surface area contributed by atoms with Crippen LogP contribution in [0.3, 0.4) is 0 Å². The van der Waals surface area contributed by atoms with Crippen molar-refractivity contribution in [2.45, 2.75) is 25.4 Å². The van der Waals surface area contributed by atoms with Crippen molar-refractivity contribution < 1.29 is 32.2 Å². The Hall–Kier alpha value is -3.23. The fraction of sp³-hybridized carbons (Fsp3) is 0.333. The van der Waals surface area contributed by atoms with E-state index in [1.54, 1.807) is 13.2 Å². The molecule has 0 saturated heterocycles. The van der Waals surface area contributed by atoms with Crippen LogP contribution in [0.25, 0.3) is 0 Å². The summed E-state index contributed by atoms with van der Waals surface area (Å²) in [6.07, 6.45) is -4.15. The molecule has 0 fully saturated rings. The molecule has 2 aromatic rings. The minimum Gasteiger partial charge on any atom is -0.493 e. The molecule has 0 aliphatic heterocycles. The van der Waals surface area contributed by atoms with Gasteiger partial charge in [0.25, 0.3) is 0 Å². The van der Waals surface area contributed by atoms with Gasteiger partial charge in [-0.25, -0.2) is 0 Å². The molecule has 6 nitrogen and oxygen atoms in total. The number of anilines is 1. The van der Waals surface area contributed by atoms with Gasteiger partial charge >= 0.3 is 6.18 Å². The van der Waals surface area contributed by atoms with E-state index in [-0.39, 0.29) is 24.4 Å². The van der Waals surface area contributed by atoms with Crippen LogP contribution in [0.4, 0.5) is 18.9 Å². The fourth-order valence-electron chi connectivity index (χ4n) is 2.69. The molecule has 9 heteroatoms. The van der Waals surface area contributed by atoms with Crippen LogP contribution in [-0.2, 0) is 22.2 Å². The van der Waals surface area contributed by atoms with Gasteiger partial charge in [0.15, 0.2) is 11.5 Å². The van der Waals surface area contributed by atoms with Gasteiger partial charge < -0.3 is 20.1 Å². The van der Waals surface area contributed by atoms with Crippen LogP contribution in [0.15, 0.2) is 42.5 Å². The van der Waals surface area contributed by atoms with Gasteiger partial charge in [0, 0.05) is 25.1 Å². The molecule has 2 amide bonds. The molecular weight excluding hydrogens is 401 g/mol. The predicted molar refractivity (Wildman–Crippen MR) is 106 cm³/mol. The summed E-state index contributed by atoms with van der Waals surface area (Å²) < 4.78 is 48.5. The number of benzene rings is 2. The molecule has 0 bridgehead atoms. The van der Waals surface area contributed by atoms with Crippen LogP contribution in [0.2, 0.25) is 0 Å². The minimum absolute atomic E-state index is 0.0312. The highest BCUT2D eigenvalue weighted by Gasteiger charge is 2.30. The third-order valence-corrected chi connectivity index (χ3v) is 4.24. The van der Waals surface area contributed by atoms with Crippen molar-refractivity contribution in [3.8, 4) is 11.5 Å². The summed E-state index contributed by atoms with van der Waals surface area (Å²) in [5.41, 5.74) is 0.118. The standard InChI is InChI=1S/C21H23F3N2O4/c1-29-17-7-6-14(12-18(17)30-2)10-11-25-19(27)8-9-20(28)26-16-5-3-4-15(13-16)21(22,23)24/h3-7,12-13H,8-11H2,1-2H3,(H,25,27)(H,26,28). The monoisotopic (exact) mass is 424 g/mol. The van der Waals surface area contributed by atoms with Crippen LogP contribution in [0.5, 0.6) is 11.5 Å². The zero-order chi connectivity index (χ0) is 22.1. The number of ether oxygens (including phenoxy) is 2. The van der Waals surface area contributed by atoms with E-state index >= 15 is 0 Å². The lowest BCUT2D eigenvalue weighted by Gasteiger charge is -2.11. The molecule has 0 unspecified atom stereocenters. The Kier molecular flexibility index (Phi) is 8.08. The highest BCUT2D eigenvalue weighted by molar-refractivity contribution is 5.93. The highest BCUT2D eigenvalue weighted by atomic mass is 19.4. The molecule has 0 aromatic heterocycles. The van der Waals surface area contributed by atoms with Gasteiger partial charge in [-0.05, 0) is 42.3 Å². The van der Waals surface area contributed by atoms with E-state index < -0.39 is 17.6 Å². The van der Waals surface area contributed by atoms with E-state index in [0.29, 0.717) is 24.5 Å². The Morgan fingerprint density at radius 2 is 1.63 bits per heavy atom. The molecule has 2 rings (SSSR count). The lowest BCUT2D eigenvalue weighted by atomic mass is 10.1. The van der Waals surface area contributed by atoms with E-state index in [2.05, 4.69) is 10.6 Å². The molecule has 162 valence electrons. The maximum Gasteiger partial charge on any atom is 0.416 e. The topological polar surface area (TPSA) is 76.7 Å². The van der Waals surface area contributed by atoms with Crippen LogP contribution >= 0.6 is 0 Å². The lowest BCUT2D eigenvalue weighted by molar-refractivity contribution is -0.137. The summed E-state index contributed by atoms with van der Waals surface area (Å²) >= 11 is 0. The van der Waals surface area contributed by atoms with E-state index in [1.165, 1.54) is 19.2 Å². The number of rotatable bonds is 9. The normalized spacial score (nSPS) is 11.0. The van der Waals surface area contributed by atoms with Crippen LogP contribution in [0, 0.1) is 0 Å². The maximum absolute atomic E-state index is 12.7. The number of halogens is 3. The lowest BCUT2D eigenvalue weighted by Crippen LogP contribution is -2.26. The number of methoxy groups -OCH3 is 2. The second kappa shape index (κ2) is 10.5. The molecule has 2 aromatic carbocycles. The number of nitrogens with one attached hydrogen (secondary N) is 2. The number of carbonyl (C=O) groups is 2. The van der Waals surface area contributed by atoms with Crippen molar-refractivity contribution in [1.82, 2.24) is 5.32 Å². The van der Waals surface area contributed by atoms with Crippen molar-refractivity contribution >= 4 is 17.5 Å². The smallest absolute Gasteiger partial charge is 0.416 e. The Balaban J connectivity index is 1.75. The third-order valence-electron chi connectivity index (χ3n) is 4.24. The largest absolute Gasteiger partial charge is 0.493 e. The summed E-state index contributed by atoms with van der Waals surface area (Å²) in [5.74, 6) is 0.337. The van der Waals surface area contributed by atoms with Crippen LogP contribution in [-0.4, -0.2) is 32.6 Å². The molecule has 30 heavy (non-hydrogen) atoms. The number of hydrogen-bond donors (Lipinski definition) is 2. The van der Waals surface area contributed by atoms with E-state index in [1.807, 2.05) is 12.1 Å². The highest BCUT2D eigenvalue weighted by Crippen LogP contribution is 2.30. The van der Waals surface area contributed by atoms with Gasteiger partial charge in [0.2, 0.25) is 11.8 Å². The number of alkyl halides is 3. The summed E-state index contributed by atoms with van der Waals surface area (Å²) in [6, 6.07) is 9.77. The summed E-state index contributed by atoms with van der Waals surface area (Å²) in [7, 11) is 3.08. The molecule has 0 radical (unpaired) electrons. The van der Waals surface area contributed by atoms with Gasteiger partial charge in [0.1, 0.15) is 0 Å². The molecule has 0 spiro atoms. The maximum atomic E-state index is 12.7. The zero-order valence-electron chi connectivity index (χ0n) is 16.6. The second-order valence-electron chi connectivity index (χ2n) is 6.42. The number of carbonyl (C=O) groups excluding carboxylic acids is 2. The molecule has 0 atom stereocenters. The summed E-state index contributed by atoms with van der Waals surface area (Å²) in [6.45, 7) is 0.365. The summed E-state index contributed by atoms with van der Waals surface area (Å²) in [4.78, 5) is 23.8. The van der Waals surface area contributed by atoms with Crippen molar-refractivity contribution in [2.75, 3.05) is 26.1 Å². The first-order chi connectivity index (χ1) is 14.2. The number of amides is 2. The zero-order valence-corrected chi connectivity index (χ0v) is 16.6. The first-order valence-corrected chi connectivity index (χ1v) is 9.17. The average molecular weight is 424 g/mol. The Morgan fingerprint density at radius 3 is 2.30 bits per heavy atom. The minimum atomic E-state index is -4.49. The molecule has 0 saturated carbocycles. The van der Waals surface area contributed by atoms with Crippen molar-refractivity contribution in [3.05, 3.63) is 53.6 Å². The van der Waals surface area contributed by atoms with E-state index in [0.717, 1.165) is 17.7 Å². The fourth-order valence-corrected chi connectivity index (χ4v) is 2.69. The Bertz CT molecular complexity index is 885. The molecule has 0 heterocycles. The quantitative estimate of drug-likeness (QED) is 0.642. The Morgan fingerprint density at radius 1 is 0.933 bits per heavy atom. The SMILES string of the molecule is COc1ccc(CCNC(=O)CCC(=O)Nc2cccc(C(F)(F)F)c2)cc1OC. The van der Waals surface area contributed by atoms with Crippen LogP contribution in [0.1, 0.15) is 24.0 Å². The molecule has 2 N–H and O–H groups in total. The van der Waals surface area contributed by atoms with Gasteiger partial charge in [-0.15, -0.1) is 0 Å². The van der Waals surface area contributed by atoms with Gasteiger partial charge in [0.05, 0.1) is 19.8 Å². The first-order valence-electron chi connectivity index (χ1n) is 9.17. The van der Waals surface area contributed by atoms with Crippen molar-refractivity contribution in [2.24, 2.45) is 0 Å². The predicted octanol–water partition coefficient (Wildman–Crippen LogP) is 3.80.